The molecular formula is C28H30N2. The summed E-state index contributed by atoms with van der Waals surface area (Å²) in [7, 11) is 0. The Morgan fingerprint density at radius 2 is 1.30 bits per heavy atom. The van der Waals surface area contributed by atoms with E-state index < -0.39 is 0 Å². The van der Waals surface area contributed by atoms with E-state index in [1.807, 2.05) is 12.5 Å². The lowest BCUT2D eigenvalue weighted by molar-refractivity contribution is 0.495. The predicted octanol–water partition coefficient (Wildman–Crippen LogP) is 6.87. The third kappa shape index (κ3) is 4.88. The molecule has 1 atom stereocenters. The maximum Gasteiger partial charge on any atom is 0.0948 e. The summed E-state index contributed by atoms with van der Waals surface area (Å²) in [5.41, 5.74) is 6.79. The van der Waals surface area contributed by atoms with Gasteiger partial charge in [-0.05, 0) is 46.1 Å². The molecule has 0 saturated carbocycles. The largest absolute Gasteiger partial charge is 0.334 e. The van der Waals surface area contributed by atoms with Crippen LogP contribution in [0.2, 0.25) is 0 Å². The molecule has 0 aliphatic heterocycles. The number of benzene rings is 3. The second-order valence-corrected chi connectivity index (χ2v) is 9.08. The maximum absolute atomic E-state index is 4.29. The minimum Gasteiger partial charge on any atom is -0.334 e. The number of aromatic nitrogens is 2. The van der Waals surface area contributed by atoms with E-state index in [-0.39, 0.29) is 5.41 Å². The molecule has 0 aliphatic carbocycles. The molecular weight excluding hydrogens is 364 g/mol. The van der Waals surface area contributed by atoms with Gasteiger partial charge in [0.2, 0.25) is 0 Å². The van der Waals surface area contributed by atoms with Gasteiger partial charge in [0, 0.05) is 18.4 Å². The summed E-state index contributed by atoms with van der Waals surface area (Å²) in [5.74, 6) is 0. The summed E-state index contributed by atoms with van der Waals surface area (Å²) in [6.45, 7) is 6.78. The third-order valence-corrected chi connectivity index (χ3v) is 5.77. The smallest absolute Gasteiger partial charge is 0.0948 e. The Hall–Kier alpha value is -3.13. The molecule has 30 heavy (non-hydrogen) atoms. The van der Waals surface area contributed by atoms with Crippen LogP contribution in [-0.2, 0) is 18.3 Å². The lowest BCUT2D eigenvalue weighted by Crippen LogP contribution is -2.14. The molecule has 0 spiro atoms. The van der Waals surface area contributed by atoms with Crippen molar-refractivity contribution in [3.8, 4) is 11.1 Å². The molecule has 1 unspecified atom stereocenters. The molecule has 1 aromatic heterocycles. The molecule has 0 N–H and O–H groups in total. The van der Waals surface area contributed by atoms with E-state index in [9.17, 15) is 0 Å². The Labute approximate surface area is 180 Å². The molecule has 0 radical (unpaired) electrons. The number of rotatable bonds is 6. The highest BCUT2D eigenvalue weighted by molar-refractivity contribution is 5.63. The Morgan fingerprint density at radius 1 is 0.733 bits per heavy atom. The van der Waals surface area contributed by atoms with E-state index in [0.717, 1.165) is 12.8 Å². The van der Waals surface area contributed by atoms with Crippen molar-refractivity contribution in [1.29, 1.82) is 0 Å². The molecule has 0 aliphatic rings. The van der Waals surface area contributed by atoms with Crippen LogP contribution in [-0.4, -0.2) is 9.55 Å². The maximum atomic E-state index is 4.29. The fourth-order valence-electron chi connectivity index (χ4n) is 3.92. The zero-order chi connectivity index (χ0) is 21.0. The highest BCUT2D eigenvalue weighted by Crippen LogP contribution is 2.26. The monoisotopic (exact) mass is 394 g/mol. The first kappa shape index (κ1) is 20.2. The first-order valence-electron chi connectivity index (χ1n) is 10.7. The fourth-order valence-corrected chi connectivity index (χ4v) is 3.92. The normalized spacial score (nSPS) is 12.6. The summed E-state index contributed by atoms with van der Waals surface area (Å²) < 4.78 is 2.24. The Morgan fingerprint density at radius 3 is 1.83 bits per heavy atom. The predicted molar refractivity (Wildman–Crippen MR) is 126 cm³/mol. The highest BCUT2D eigenvalue weighted by Gasteiger charge is 2.16. The standard InChI is InChI=1S/C28H30N2/c1-28(2,3)26-15-11-23(12-16-26)20-27(30-18-17-29-21-30)19-22-9-13-25(14-10-22)24-7-5-4-6-8-24/h4-18,21,27H,19-20H2,1-3H3. The Bertz CT molecular complexity index is 1040. The summed E-state index contributed by atoms with van der Waals surface area (Å²) in [6, 6.07) is 29.0. The first-order valence-corrected chi connectivity index (χ1v) is 10.7. The lowest BCUT2D eigenvalue weighted by atomic mass is 9.86. The zero-order valence-electron chi connectivity index (χ0n) is 18.1. The number of hydrogen-bond donors (Lipinski definition) is 0. The molecule has 152 valence electrons. The molecule has 3 aromatic carbocycles. The molecule has 0 saturated heterocycles. The van der Waals surface area contributed by atoms with Crippen molar-refractivity contribution in [2.75, 3.05) is 0 Å². The van der Waals surface area contributed by atoms with E-state index in [0.29, 0.717) is 6.04 Å². The molecule has 2 nitrogen and oxygen atoms in total. The molecule has 4 aromatic rings. The minimum atomic E-state index is 0.183. The van der Waals surface area contributed by atoms with Crippen LogP contribution < -0.4 is 0 Å². The van der Waals surface area contributed by atoms with Crippen LogP contribution in [0.5, 0.6) is 0 Å². The summed E-state index contributed by atoms with van der Waals surface area (Å²) >= 11 is 0. The summed E-state index contributed by atoms with van der Waals surface area (Å²) in [4.78, 5) is 4.29. The van der Waals surface area contributed by atoms with Gasteiger partial charge >= 0.3 is 0 Å². The van der Waals surface area contributed by atoms with E-state index in [2.05, 4.69) is 115 Å². The van der Waals surface area contributed by atoms with Crippen molar-refractivity contribution in [2.24, 2.45) is 0 Å². The fraction of sp³-hybridized carbons (Fsp3) is 0.250. The third-order valence-electron chi connectivity index (χ3n) is 5.77. The van der Waals surface area contributed by atoms with Crippen LogP contribution >= 0.6 is 0 Å². The van der Waals surface area contributed by atoms with Crippen molar-refractivity contribution in [3.05, 3.63) is 114 Å². The second-order valence-electron chi connectivity index (χ2n) is 9.08. The van der Waals surface area contributed by atoms with E-state index in [4.69, 9.17) is 0 Å². The van der Waals surface area contributed by atoms with Crippen LogP contribution in [0.4, 0.5) is 0 Å². The van der Waals surface area contributed by atoms with Gasteiger partial charge in [0.25, 0.3) is 0 Å². The molecule has 0 bridgehead atoms. The van der Waals surface area contributed by atoms with E-state index >= 15 is 0 Å². The molecule has 1 heterocycles. The average molecular weight is 395 g/mol. The van der Waals surface area contributed by atoms with Gasteiger partial charge in [-0.2, -0.15) is 0 Å². The molecule has 4 rings (SSSR count). The van der Waals surface area contributed by atoms with Gasteiger partial charge in [-0.25, -0.2) is 4.98 Å². The number of hydrogen-bond acceptors (Lipinski definition) is 1. The number of imidazole rings is 1. The number of nitrogens with zero attached hydrogens (tertiary/aromatic N) is 2. The quantitative estimate of drug-likeness (QED) is 0.349. The second kappa shape index (κ2) is 8.71. The summed E-state index contributed by atoms with van der Waals surface area (Å²) in [5, 5.41) is 0. The first-order chi connectivity index (χ1) is 14.5. The zero-order valence-corrected chi connectivity index (χ0v) is 18.1. The van der Waals surface area contributed by atoms with Gasteiger partial charge in [-0.3, -0.25) is 0 Å². The van der Waals surface area contributed by atoms with Gasteiger partial charge in [0.1, 0.15) is 0 Å². The van der Waals surface area contributed by atoms with Gasteiger partial charge in [-0.15, -0.1) is 0 Å². The van der Waals surface area contributed by atoms with Gasteiger partial charge in [0.05, 0.1) is 6.33 Å². The van der Waals surface area contributed by atoms with Crippen molar-refractivity contribution in [1.82, 2.24) is 9.55 Å². The molecule has 0 fully saturated rings. The van der Waals surface area contributed by atoms with Crippen molar-refractivity contribution in [3.63, 3.8) is 0 Å². The summed E-state index contributed by atoms with van der Waals surface area (Å²) in [6.07, 6.45) is 7.85. The lowest BCUT2D eigenvalue weighted by Gasteiger charge is -2.21. The molecule has 2 heteroatoms. The SMILES string of the molecule is CC(C)(C)c1ccc(CC(Cc2ccc(-c3ccccc3)cc2)n2ccnc2)cc1. The molecule has 0 amide bonds. The van der Waals surface area contributed by atoms with Crippen molar-refractivity contribution in [2.45, 2.75) is 45.1 Å². The van der Waals surface area contributed by atoms with Crippen molar-refractivity contribution >= 4 is 0 Å². The van der Waals surface area contributed by atoms with Crippen LogP contribution in [0.25, 0.3) is 11.1 Å². The topological polar surface area (TPSA) is 17.8 Å². The minimum absolute atomic E-state index is 0.183. The van der Waals surface area contributed by atoms with Crippen LogP contribution in [0.1, 0.15) is 43.5 Å². The van der Waals surface area contributed by atoms with Crippen LogP contribution in [0.3, 0.4) is 0 Å². The van der Waals surface area contributed by atoms with Crippen LogP contribution in [0, 0.1) is 0 Å². The van der Waals surface area contributed by atoms with E-state index in [1.54, 1.807) is 0 Å². The Balaban J connectivity index is 1.52. The van der Waals surface area contributed by atoms with Crippen molar-refractivity contribution < 1.29 is 0 Å². The van der Waals surface area contributed by atoms with Gasteiger partial charge in [0.15, 0.2) is 0 Å². The Kier molecular flexibility index (Phi) is 5.85. The highest BCUT2D eigenvalue weighted by atomic mass is 15.0. The van der Waals surface area contributed by atoms with E-state index in [1.165, 1.54) is 27.8 Å². The van der Waals surface area contributed by atoms with Gasteiger partial charge < -0.3 is 4.57 Å². The van der Waals surface area contributed by atoms with Gasteiger partial charge in [-0.1, -0.05) is 99.6 Å². The van der Waals surface area contributed by atoms with Crippen LogP contribution in [0.15, 0.2) is 97.6 Å². The average Bonchev–Trinajstić information content (AvgIpc) is 3.29.